The van der Waals surface area contributed by atoms with E-state index in [1.165, 1.54) is 64.2 Å². The lowest BCUT2D eigenvalue weighted by Gasteiger charge is -2.39. The van der Waals surface area contributed by atoms with Crippen LogP contribution >= 0.6 is 0 Å². The van der Waals surface area contributed by atoms with Crippen LogP contribution in [-0.2, 0) is 20.1 Å². The smallest absolute Gasteiger partial charge is 0.412 e. The van der Waals surface area contributed by atoms with Gasteiger partial charge in [-0.15, -0.1) is 0 Å². The Balaban J connectivity index is 1.36. The number of sulfone groups is 1. The summed E-state index contributed by atoms with van der Waals surface area (Å²) in [5.41, 5.74) is -1.42. The Bertz CT molecular complexity index is 1530. The highest BCUT2D eigenvalue weighted by molar-refractivity contribution is 7.93. The maximum Gasteiger partial charge on any atom is 0.412 e. The zero-order valence-electron chi connectivity index (χ0n) is 25.4. The Morgan fingerprint density at radius 3 is 2.32 bits per heavy atom. The third-order valence-electron chi connectivity index (χ3n) is 9.00. The van der Waals surface area contributed by atoms with E-state index in [0.29, 0.717) is 18.4 Å². The van der Waals surface area contributed by atoms with E-state index in [1.807, 2.05) is 0 Å². The molecular formula is C32H40F2N4O5S. The van der Waals surface area contributed by atoms with Gasteiger partial charge in [0, 0.05) is 5.56 Å². The predicted molar refractivity (Wildman–Crippen MR) is 164 cm³/mol. The highest BCUT2D eigenvalue weighted by Gasteiger charge is 2.51. The van der Waals surface area contributed by atoms with Crippen LogP contribution in [0.2, 0.25) is 0 Å². The number of alkyl carbamates (subject to hydrolysis) is 1. The van der Waals surface area contributed by atoms with Crippen molar-refractivity contribution in [2.24, 2.45) is 16.8 Å². The van der Waals surface area contributed by atoms with Gasteiger partial charge in [-0.25, -0.2) is 32.0 Å². The van der Waals surface area contributed by atoms with E-state index in [1.54, 1.807) is 0 Å². The third kappa shape index (κ3) is 7.11. The highest BCUT2D eigenvalue weighted by Crippen LogP contribution is 2.39. The fourth-order valence-electron chi connectivity index (χ4n) is 6.09. The number of rotatable bonds is 8. The van der Waals surface area contributed by atoms with Gasteiger partial charge in [-0.1, -0.05) is 31.7 Å². The molecule has 1 aromatic carbocycles. The van der Waals surface area contributed by atoms with Crippen LogP contribution in [0.15, 0.2) is 35.6 Å². The molecule has 1 aromatic heterocycles. The molecule has 12 heteroatoms. The number of aromatic nitrogens is 2. The van der Waals surface area contributed by atoms with E-state index >= 15 is 8.78 Å². The first-order valence-electron chi connectivity index (χ1n) is 15.3. The van der Waals surface area contributed by atoms with Gasteiger partial charge in [0.2, 0.25) is 5.88 Å². The molecule has 2 saturated carbocycles. The molecule has 1 amide bonds. The minimum absolute atomic E-state index is 0.0297. The van der Waals surface area contributed by atoms with Gasteiger partial charge in [0.15, 0.2) is 15.7 Å². The van der Waals surface area contributed by atoms with Crippen LogP contribution in [0.1, 0.15) is 89.0 Å². The van der Waals surface area contributed by atoms with Gasteiger partial charge in [-0.2, -0.15) is 0 Å². The predicted octanol–water partition coefficient (Wildman–Crippen LogP) is 6.39. The lowest BCUT2D eigenvalue weighted by molar-refractivity contribution is 0.132. The molecule has 9 nitrogen and oxygen atoms in total. The molecule has 2 aliphatic carbocycles. The minimum atomic E-state index is -3.94. The average molecular weight is 631 g/mol. The van der Waals surface area contributed by atoms with Crippen molar-refractivity contribution < 1.29 is 31.5 Å². The Morgan fingerprint density at radius 1 is 1.02 bits per heavy atom. The Labute approximate surface area is 257 Å². The molecule has 0 unspecified atom stereocenters. The van der Waals surface area contributed by atoms with E-state index in [2.05, 4.69) is 20.3 Å². The first-order valence-corrected chi connectivity index (χ1v) is 16.9. The zero-order valence-corrected chi connectivity index (χ0v) is 26.3. The number of halogens is 2. The molecule has 5 rings (SSSR count). The van der Waals surface area contributed by atoms with Crippen LogP contribution in [0.5, 0.6) is 5.88 Å². The number of nitrogens with one attached hydrogen (secondary N) is 1. The van der Waals surface area contributed by atoms with Gasteiger partial charge >= 0.3 is 6.09 Å². The molecule has 1 atom stereocenters. The lowest BCUT2D eigenvalue weighted by Crippen LogP contribution is -2.57. The highest BCUT2D eigenvalue weighted by atomic mass is 32.2. The number of hydrogen-bond donors (Lipinski definition) is 1. The van der Waals surface area contributed by atoms with Gasteiger partial charge in [0.05, 0.1) is 31.4 Å². The number of carbonyl (C=O) groups excluding carboxylic acids is 1. The summed E-state index contributed by atoms with van der Waals surface area (Å²) in [6, 6.07) is 3.86. The van der Waals surface area contributed by atoms with Crippen molar-refractivity contribution >= 4 is 33.7 Å². The summed E-state index contributed by atoms with van der Waals surface area (Å²) in [7, 11) is -3.94. The maximum absolute atomic E-state index is 15.3. The number of aliphatic imine (C=N–C) groups is 1. The van der Waals surface area contributed by atoms with E-state index in [0.717, 1.165) is 44.6 Å². The van der Waals surface area contributed by atoms with Crippen LogP contribution in [0.4, 0.5) is 13.6 Å². The molecule has 0 spiro atoms. The van der Waals surface area contributed by atoms with Crippen LogP contribution < -0.4 is 10.1 Å². The summed E-state index contributed by atoms with van der Waals surface area (Å²) in [5, 5.41) is 2.52. The molecule has 1 N–H and O–H groups in total. The minimum Gasteiger partial charge on any atom is -0.476 e. The Morgan fingerprint density at radius 2 is 1.68 bits per heavy atom. The Kier molecular flexibility index (Phi) is 9.38. The fraction of sp³-hybridized carbons (Fsp3) is 0.562. The van der Waals surface area contributed by atoms with Crippen molar-refractivity contribution in [3.05, 3.63) is 53.2 Å². The number of benzene rings is 1. The monoisotopic (exact) mass is 630 g/mol. The van der Waals surface area contributed by atoms with Crippen molar-refractivity contribution in [2.75, 3.05) is 19.0 Å². The number of amides is 1. The van der Waals surface area contributed by atoms with Crippen molar-refractivity contribution in [1.82, 2.24) is 15.3 Å². The average Bonchev–Trinajstić information content (AvgIpc) is 3.70. The standard InChI is InChI=1S/C32H40F2N4O5S/c1-31(2)29(37-30(39)43-19-22-10-6-7-11-22)38-32(3,20-44(31,40)41)24-14-23(12-13-25(24)33)15-26(34)27-16-36-28(17-35-27)42-18-21-8-4-5-9-21/h12-17,21-22H,4-11,18-20H2,1-3H3,(H,37,38,39)/b26-15-/t32-/m0/s1. The molecule has 238 valence electrons. The fourth-order valence-corrected chi connectivity index (χ4v) is 7.80. The molecular weight excluding hydrogens is 590 g/mol. The van der Waals surface area contributed by atoms with Gasteiger partial charge in [-0.3, -0.25) is 10.3 Å². The number of amidine groups is 1. The largest absolute Gasteiger partial charge is 0.476 e. The van der Waals surface area contributed by atoms with E-state index < -0.39 is 43.6 Å². The summed E-state index contributed by atoms with van der Waals surface area (Å²) in [6.45, 7) is 5.14. The summed E-state index contributed by atoms with van der Waals surface area (Å²) in [5.74, 6) is -0.988. The number of ether oxygens (including phenoxy) is 2. The van der Waals surface area contributed by atoms with Gasteiger partial charge in [0.1, 0.15) is 27.6 Å². The second kappa shape index (κ2) is 12.9. The number of nitrogens with zero attached hydrogens (tertiary/aromatic N) is 3. The third-order valence-corrected chi connectivity index (χ3v) is 11.7. The molecule has 1 aliphatic heterocycles. The van der Waals surface area contributed by atoms with Crippen molar-refractivity contribution in [2.45, 2.75) is 82.4 Å². The molecule has 44 heavy (non-hydrogen) atoms. The van der Waals surface area contributed by atoms with E-state index in [4.69, 9.17) is 9.47 Å². The first kappa shape index (κ1) is 32.0. The molecule has 0 bridgehead atoms. The molecule has 2 aromatic rings. The van der Waals surface area contributed by atoms with Crippen LogP contribution in [0, 0.1) is 17.7 Å². The molecule has 2 fully saturated rings. The maximum atomic E-state index is 15.3. The van der Waals surface area contributed by atoms with Crippen molar-refractivity contribution in [3.63, 3.8) is 0 Å². The van der Waals surface area contributed by atoms with Gasteiger partial charge < -0.3 is 9.47 Å². The second-order valence-electron chi connectivity index (χ2n) is 12.8. The van der Waals surface area contributed by atoms with Crippen molar-refractivity contribution in [1.29, 1.82) is 0 Å². The molecule has 0 saturated heterocycles. The Hall–Kier alpha value is -3.41. The lowest BCUT2D eigenvalue weighted by atomic mass is 9.91. The summed E-state index contributed by atoms with van der Waals surface area (Å²) in [4.78, 5) is 25.5. The molecule has 2 heterocycles. The van der Waals surface area contributed by atoms with Crippen LogP contribution in [-0.4, -0.2) is 54.0 Å². The normalized spacial score (nSPS) is 23.8. The summed E-state index contributed by atoms with van der Waals surface area (Å²) >= 11 is 0. The SMILES string of the molecule is CC1(C)C(NC(=O)OCC2CCCC2)=N[C@](C)(c2cc(/C=C(\F)c3cnc(OCC4CCCC4)cn3)ccc2F)CS1(=O)=O. The summed E-state index contributed by atoms with van der Waals surface area (Å²) in [6.07, 6.45) is 11.8. The summed E-state index contributed by atoms with van der Waals surface area (Å²) < 4.78 is 66.9. The second-order valence-corrected chi connectivity index (χ2v) is 15.3. The first-order chi connectivity index (χ1) is 20.9. The zero-order chi connectivity index (χ0) is 31.5. The van der Waals surface area contributed by atoms with Crippen LogP contribution in [0.25, 0.3) is 11.9 Å². The molecule has 0 radical (unpaired) electrons. The number of carbonyl (C=O) groups is 1. The van der Waals surface area contributed by atoms with E-state index in [9.17, 15) is 13.2 Å². The van der Waals surface area contributed by atoms with Crippen molar-refractivity contribution in [3.8, 4) is 5.88 Å². The molecule has 3 aliphatic rings. The number of hydrogen-bond acceptors (Lipinski definition) is 8. The topological polar surface area (TPSA) is 120 Å². The quantitative estimate of drug-likeness (QED) is 0.359. The van der Waals surface area contributed by atoms with Gasteiger partial charge in [-0.05, 0) is 82.1 Å². The van der Waals surface area contributed by atoms with E-state index in [-0.39, 0.29) is 35.2 Å². The van der Waals surface area contributed by atoms with Crippen LogP contribution in [0.3, 0.4) is 0 Å². The van der Waals surface area contributed by atoms with Gasteiger partial charge in [0.25, 0.3) is 0 Å².